The number of nitrogens with zero attached hydrogens (tertiary/aromatic N) is 1. The van der Waals surface area contributed by atoms with Gasteiger partial charge in [-0.25, -0.2) is 4.39 Å². The third kappa shape index (κ3) is 2.58. The molecule has 94 valence electrons. The maximum Gasteiger partial charge on any atom is 0.167 e. The van der Waals surface area contributed by atoms with E-state index in [-0.39, 0.29) is 5.75 Å². The van der Waals surface area contributed by atoms with Crippen LogP contribution in [0.3, 0.4) is 0 Å². The molecule has 0 bridgehead atoms. The number of phenols is 1. The molecule has 1 aromatic carbocycles. The molecule has 1 aliphatic heterocycles. The molecular formula is C13H19FN2O. The standard InChI is InChI=1S/C13H19FN2O/c1-9-7-11(10(2)13(17)12(9)14)8-16-5-3-15-4-6-16/h7,15,17H,3-6,8H2,1-2H3. The quantitative estimate of drug-likeness (QED) is 0.820. The van der Waals surface area contributed by atoms with E-state index in [0.29, 0.717) is 11.1 Å². The Morgan fingerprint density at radius 2 is 2.00 bits per heavy atom. The van der Waals surface area contributed by atoms with E-state index < -0.39 is 5.82 Å². The summed E-state index contributed by atoms with van der Waals surface area (Å²) in [4.78, 5) is 2.32. The molecule has 2 N–H and O–H groups in total. The molecule has 0 spiro atoms. The highest BCUT2D eigenvalue weighted by Crippen LogP contribution is 2.27. The van der Waals surface area contributed by atoms with Gasteiger partial charge in [-0.3, -0.25) is 4.90 Å². The number of hydrogen-bond acceptors (Lipinski definition) is 3. The van der Waals surface area contributed by atoms with Crippen LogP contribution in [0.2, 0.25) is 0 Å². The molecule has 4 heteroatoms. The molecule has 0 aromatic heterocycles. The maximum absolute atomic E-state index is 13.5. The predicted molar refractivity (Wildman–Crippen MR) is 65.7 cm³/mol. The average Bonchev–Trinajstić information content (AvgIpc) is 2.35. The maximum atomic E-state index is 13.5. The van der Waals surface area contributed by atoms with E-state index in [4.69, 9.17) is 0 Å². The number of benzene rings is 1. The summed E-state index contributed by atoms with van der Waals surface area (Å²) in [6.45, 7) is 8.22. The minimum atomic E-state index is -0.494. The number of halogens is 1. The number of nitrogens with one attached hydrogen (secondary N) is 1. The van der Waals surface area contributed by atoms with Crippen molar-refractivity contribution in [2.24, 2.45) is 0 Å². The summed E-state index contributed by atoms with van der Waals surface area (Å²) < 4.78 is 13.5. The van der Waals surface area contributed by atoms with Gasteiger partial charge in [0.1, 0.15) is 0 Å². The summed E-state index contributed by atoms with van der Waals surface area (Å²) in [5.74, 6) is -0.693. The molecule has 1 aliphatic rings. The smallest absolute Gasteiger partial charge is 0.167 e. The van der Waals surface area contributed by atoms with E-state index in [1.165, 1.54) is 0 Å². The van der Waals surface area contributed by atoms with Crippen LogP contribution in [0.15, 0.2) is 6.07 Å². The fourth-order valence-electron chi connectivity index (χ4n) is 2.21. The van der Waals surface area contributed by atoms with Crippen LogP contribution in [-0.4, -0.2) is 36.2 Å². The SMILES string of the molecule is Cc1cc(CN2CCNCC2)c(C)c(O)c1F. The lowest BCUT2D eigenvalue weighted by atomic mass is 10.0. The number of piperazine rings is 1. The molecule has 0 amide bonds. The fraction of sp³-hybridized carbons (Fsp3) is 0.538. The summed E-state index contributed by atoms with van der Waals surface area (Å²) in [5, 5.41) is 13.0. The van der Waals surface area contributed by atoms with Gasteiger partial charge in [0.05, 0.1) is 0 Å². The monoisotopic (exact) mass is 238 g/mol. The molecule has 3 nitrogen and oxygen atoms in total. The number of aryl methyl sites for hydroxylation is 1. The first kappa shape index (κ1) is 12.3. The highest BCUT2D eigenvalue weighted by atomic mass is 19.1. The second-order valence-corrected chi connectivity index (χ2v) is 4.67. The molecule has 1 aromatic rings. The molecular weight excluding hydrogens is 219 g/mol. The van der Waals surface area contributed by atoms with Crippen LogP contribution in [-0.2, 0) is 6.54 Å². The second kappa shape index (κ2) is 5.02. The fourth-order valence-corrected chi connectivity index (χ4v) is 2.21. The van der Waals surface area contributed by atoms with Gasteiger partial charge in [0.2, 0.25) is 0 Å². The van der Waals surface area contributed by atoms with Gasteiger partial charge in [0, 0.05) is 32.7 Å². The van der Waals surface area contributed by atoms with Crippen LogP contribution in [0.5, 0.6) is 5.75 Å². The van der Waals surface area contributed by atoms with Gasteiger partial charge in [-0.15, -0.1) is 0 Å². The summed E-state index contributed by atoms with van der Waals surface area (Å²) in [5.41, 5.74) is 2.19. The van der Waals surface area contributed by atoms with Crippen molar-refractivity contribution >= 4 is 0 Å². The van der Waals surface area contributed by atoms with E-state index in [1.54, 1.807) is 13.8 Å². The highest BCUT2D eigenvalue weighted by Gasteiger charge is 2.16. The Kier molecular flexibility index (Phi) is 3.64. The molecule has 1 saturated heterocycles. The third-order valence-electron chi connectivity index (χ3n) is 3.39. The van der Waals surface area contributed by atoms with E-state index in [1.807, 2.05) is 6.07 Å². The molecule has 1 heterocycles. The first-order chi connectivity index (χ1) is 8.09. The molecule has 0 aliphatic carbocycles. The number of rotatable bonds is 2. The Morgan fingerprint density at radius 1 is 1.35 bits per heavy atom. The van der Waals surface area contributed by atoms with Crippen LogP contribution < -0.4 is 5.32 Å². The number of aromatic hydroxyl groups is 1. The van der Waals surface area contributed by atoms with Crippen molar-refractivity contribution in [3.05, 3.63) is 28.6 Å². The van der Waals surface area contributed by atoms with Crippen molar-refractivity contribution in [3.63, 3.8) is 0 Å². The van der Waals surface area contributed by atoms with Gasteiger partial charge in [-0.05, 0) is 30.5 Å². The average molecular weight is 238 g/mol. The first-order valence-electron chi connectivity index (χ1n) is 6.00. The largest absolute Gasteiger partial charge is 0.505 e. The molecule has 17 heavy (non-hydrogen) atoms. The summed E-state index contributed by atoms with van der Waals surface area (Å²) >= 11 is 0. The van der Waals surface area contributed by atoms with Gasteiger partial charge >= 0.3 is 0 Å². The summed E-state index contributed by atoms with van der Waals surface area (Å²) in [6, 6.07) is 1.84. The molecule has 1 fully saturated rings. The van der Waals surface area contributed by atoms with Crippen molar-refractivity contribution < 1.29 is 9.50 Å². The minimum absolute atomic E-state index is 0.199. The Hall–Kier alpha value is -1.13. The van der Waals surface area contributed by atoms with E-state index >= 15 is 0 Å². The zero-order valence-corrected chi connectivity index (χ0v) is 10.4. The zero-order chi connectivity index (χ0) is 12.4. The third-order valence-corrected chi connectivity index (χ3v) is 3.39. The second-order valence-electron chi connectivity index (χ2n) is 4.67. The number of phenolic OH excluding ortho intramolecular Hbond substituents is 1. The van der Waals surface area contributed by atoms with Crippen molar-refractivity contribution in [2.45, 2.75) is 20.4 Å². The lowest BCUT2D eigenvalue weighted by Crippen LogP contribution is -2.43. The van der Waals surface area contributed by atoms with Crippen molar-refractivity contribution in [3.8, 4) is 5.75 Å². The van der Waals surface area contributed by atoms with E-state index in [9.17, 15) is 9.50 Å². The van der Waals surface area contributed by atoms with Crippen LogP contribution in [0.1, 0.15) is 16.7 Å². The molecule has 2 rings (SSSR count). The Balaban J connectivity index is 2.20. The van der Waals surface area contributed by atoms with E-state index in [0.717, 1.165) is 38.3 Å². The Labute approximate surface area is 101 Å². The lowest BCUT2D eigenvalue weighted by Gasteiger charge is -2.28. The van der Waals surface area contributed by atoms with Gasteiger partial charge in [0.15, 0.2) is 11.6 Å². The van der Waals surface area contributed by atoms with Crippen molar-refractivity contribution in [1.82, 2.24) is 10.2 Å². The summed E-state index contributed by atoms with van der Waals surface area (Å²) in [7, 11) is 0. The molecule has 0 unspecified atom stereocenters. The van der Waals surface area contributed by atoms with Crippen molar-refractivity contribution in [1.29, 1.82) is 0 Å². The topological polar surface area (TPSA) is 35.5 Å². The normalized spacial score (nSPS) is 17.4. The first-order valence-corrected chi connectivity index (χ1v) is 6.00. The molecule has 0 saturated carbocycles. The van der Waals surface area contributed by atoms with Gasteiger partial charge in [0.25, 0.3) is 0 Å². The zero-order valence-electron chi connectivity index (χ0n) is 10.4. The van der Waals surface area contributed by atoms with Gasteiger partial charge < -0.3 is 10.4 Å². The van der Waals surface area contributed by atoms with Gasteiger partial charge in [-0.1, -0.05) is 6.07 Å². The summed E-state index contributed by atoms with van der Waals surface area (Å²) in [6.07, 6.45) is 0. The Morgan fingerprint density at radius 3 is 2.65 bits per heavy atom. The highest BCUT2D eigenvalue weighted by molar-refractivity contribution is 5.43. The minimum Gasteiger partial charge on any atom is -0.505 e. The van der Waals surface area contributed by atoms with Crippen molar-refractivity contribution in [2.75, 3.05) is 26.2 Å². The van der Waals surface area contributed by atoms with Crippen LogP contribution >= 0.6 is 0 Å². The Bertz CT molecular complexity index is 414. The predicted octanol–water partition coefficient (Wildman–Crippen LogP) is 1.55. The molecule has 0 radical (unpaired) electrons. The molecule has 0 atom stereocenters. The van der Waals surface area contributed by atoms with Crippen LogP contribution in [0.25, 0.3) is 0 Å². The van der Waals surface area contributed by atoms with E-state index in [2.05, 4.69) is 10.2 Å². The van der Waals surface area contributed by atoms with Crippen LogP contribution in [0, 0.1) is 19.7 Å². The van der Waals surface area contributed by atoms with Crippen LogP contribution in [0.4, 0.5) is 4.39 Å². The lowest BCUT2D eigenvalue weighted by molar-refractivity contribution is 0.232. The number of hydrogen-bond donors (Lipinski definition) is 2. The van der Waals surface area contributed by atoms with Gasteiger partial charge in [-0.2, -0.15) is 0 Å².